The Morgan fingerprint density at radius 3 is 2.04 bits per heavy atom. The summed E-state index contributed by atoms with van der Waals surface area (Å²) in [6.45, 7) is 19.6. The molecule has 0 aromatic carbocycles. The van der Waals surface area contributed by atoms with Crippen LogP contribution in [0.5, 0.6) is 0 Å². The highest BCUT2D eigenvalue weighted by Gasteiger charge is 2.21. The second kappa shape index (κ2) is 11.5. The van der Waals surface area contributed by atoms with Crippen molar-refractivity contribution in [1.82, 2.24) is 14.7 Å². The van der Waals surface area contributed by atoms with E-state index in [0.717, 1.165) is 38.3 Å². The first kappa shape index (κ1) is 21.1. The van der Waals surface area contributed by atoms with E-state index >= 15 is 0 Å². The molecule has 0 radical (unpaired) electrons. The lowest BCUT2D eigenvalue weighted by Crippen LogP contribution is -2.39. The molecule has 25 heavy (non-hydrogen) atoms. The van der Waals surface area contributed by atoms with Crippen LogP contribution >= 0.6 is 0 Å². The van der Waals surface area contributed by atoms with Crippen molar-refractivity contribution in [2.24, 2.45) is 5.92 Å². The van der Waals surface area contributed by atoms with Gasteiger partial charge in [0.15, 0.2) is 0 Å². The van der Waals surface area contributed by atoms with Crippen LogP contribution in [0.25, 0.3) is 0 Å². The molecule has 4 heteroatoms. The van der Waals surface area contributed by atoms with Crippen molar-refractivity contribution in [2.45, 2.75) is 71.9 Å². The molecule has 2 rings (SSSR count). The zero-order valence-electron chi connectivity index (χ0n) is 17.4. The monoisotopic (exact) mass is 353 g/mol. The van der Waals surface area contributed by atoms with Crippen LogP contribution in [0.3, 0.4) is 0 Å². The Hall–Kier alpha value is -0.160. The first-order chi connectivity index (χ1) is 12.1. The molecular weight excluding hydrogens is 310 g/mol. The molecule has 0 atom stereocenters. The molecule has 0 saturated carbocycles. The fourth-order valence-corrected chi connectivity index (χ4v) is 4.21. The SMILES string of the molecule is CC(C)N1CCCCN(CCC2CCN(C(C)C)CC2)CCOCC1. The van der Waals surface area contributed by atoms with Crippen molar-refractivity contribution in [2.75, 3.05) is 59.0 Å². The minimum atomic E-state index is 0.636. The molecule has 2 aliphatic rings. The first-order valence-corrected chi connectivity index (χ1v) is 10.8. The fourth-order valence-electron chi connectivity index (χ4n) is 4.21. The van der Waals surface area contributed by atoms with Gasteiger partial charge in [-0.15, -0.1) is 0 Å². The lowest BCUT2D eigenvalue weighted by Gasteiger charge is -2.35. The van der Waals surface area contributed by atoms with Gasteiger partial charge in [-0.3, -0.25) is 4.90 Å². The van der Waals surface area contributed by atoms with Crippen molar-refractivity contribution < 1.29 is 4.74 Å². The minimum Gasteiger partial charge on any atom is -0.379 e. The summed E-state index contributed by atoms with van der Waals surface area (Å²) in [7, 11) is 0. The molecule has 0 aliphatic carbocycles. The normalized spacial score (nSPS) is 24.7. The van der Waals surface area contributed by atoms with Gasteiger partial charge in [-0.1, -0.05) is 0 Å². The van der Waals surface area contributed by atoms with Crippen molar-refractivity contribution in [1.29, 1.82) is 0 Å². The quantitative estimate of drug-likeness (QED) is 0.755. The number of piperidine rings is 1. The molecule has 0 N–H and O–H groups in total. The van der Waals surface area contributed by atoms with Crippen LogP contribution in [0.15, 0.2) is 0 Å². The number of likely N-dealkylation sites (tertiary alicyclic amines) is 1. The second-order valence-corrected chi connectivity index (χ2v) is 8.65. The van der Waals surface area contributed by atoms with Crippen molar-refractivity contribution in [3.8, 4) is 0 Å². The molecule has 0 aromatic rings. The summed E-state index contributed by atoms with van der Waals surface area (Å²) >= 11 is 0. The van der Waals surface area contributed by atoms with E-state index in [9.17, 15) is 0 Å². The van der Waals surface area contributed by atoms with E-state index < -0.39 is 0 Å². The fraction of sp³-hybridized carbons (Fsp3) is 1.00. The summed E-state index contributed by atoms with van der Waals surface area (Å²) in [6, 6.07) is 1.35. The summed E-state index contributed by atoms with van der Waals surface area (Å²) in [5.41, 5.74) is 0. The summed E-state index contributed by atoms with van der Waals surface area (Å²) in [5, 5.41) is 0. The van der Waals surface area contributed by atoms with Crippen LogP contribution in [0.4, 0.5) is 0 Å². The van der Waals surface area contributed by atoms with E-state index in [1.54, 1.807) is 0 Å². The number of nitrogens with zero attached hydrogens (tertiary/aromatic N) is 3. The van der Waals surface area contributed by atoms with Gasteiger partial charge in [0.1, 0.15) is 0 Å². The van der Waals surface area contributed by atoms with Gasteiger partial charge >= 0.3 is 0 Å². The van der Waals surface area contributed by atoms with Gasteiger partial charge in [0.25, 0.3) is 0 Å². The highest BCUT2D eigenvalue weighted by Crippen LogP contribution is 2.22. The lowest BCUT2D eigenvalue weighted by molar-refractivity contribution is 0.0780. The Labute approximate surface area is 156 Å². The van der Waals surface area contributed by atoms with Gasteiger partial charge in [-0.2, -0.15) is 0 Å². The maximum absolute atomic E-state index is 5.92. The molecular formula is C21H43N3O. The third-order valence-electron chi connectivity index (χ3n) is 6.21. The standard InChI is InChI=1S/C21H43N3O/c1-19(2)23-11-6-5-10-22(15-17-25-18-16-23)12-7-21-8-13-24(14-9-21)20(3)4/h19-21H,5-18H2,1-4H3. The topological polar surface area (TPSA) is 19.0 Å². The maximum atomic E-state index is 5.92. The Morgan fingerprint density at radius 1 is 0.760 bits per heavy atom. The van der Waals surface area contributed by atoms with Crippen LogP contribution in [0.2, 0.25) is 0 Å². The molecule has 0 aromatic heterocycles. The van der Waals surface area contributed by atoms with Gasteiger partial charge in [0.05, 0.1) is 13.2 Å². The van der Waals surface area contributed by atoms with Crippen LogP contribution < -0.4 is 0 Å². The average molecular weight is 354 g/mol. The number of hydrogen-bond donors (Lipinski definition) is 0. The first-order valence-electron chi connectivity index (χ1n) is 10.8. The third-order valence-corrected chi connectivity index (χ3v) is 6.21. The molecule has 0 bridgehead atoms. The van der Waals surface area contributed by atoms with Crippen molar-refractivity contribution >= 4 is 0 Å². The Morgan fingerprint density at radius 2 is 1.36 bits per heavy atom. The van der Waals surface area contributed by atoms with Crippen molar-refractivity contribution in [3.05, 3.63) is 0 Å². The zero-order valence-corrected chi connectivity index (χ0v) is 17.4. The number of ether oxygens (including phenoxy) is 1. The van der Waals surface area contributed by atoms with E-state index in [-0.39, 0.29) is 0 Å². The van der Waals surface area contributed by atoms with E-state index in [0.29, 0.717) is 6.04 Å². The number of hydrogen-bond acceptors (Lipinski definition) is 4. The summed E-state index contributed by atoms with van der Waals surface area (Å²) in [4.78, 5) is 7.87. The molecule has 2 aliphatic heterocycles. The van der Waals surface area contributed by atoms with Crippen LogP contribution in [0, 0.1) is 5.92 Å². The van der Waals surface area contributed by atoms with Gasteiger partial charge in [0, 0.05) is 25.2 Å². The van der Waals surface area contributed by atoms with Crippen LogP contribution in [-0.4, -0.2) is 85.8 Å². The molecule has 2 fully saturated rings. The van der Waals surface area contributed by atoms with Crippen LogP contribution in [-0.2, 0) is 4.74 Å². The minimum absolute atomic E-state index is 0.636. The smallest absolute Gasteiger partial charge is 0.0594 e. The second-order valence-electron chi connectivity index (χ2n) is 8.65. The predicted octanol–water partition coefficient (Wildman–Crippen LogP) is 3.32. The van der Waals surface area contributed by atoms with Crippen molar-refractivity contribution in [3.63, 3.8) is 0 Å². The predicted molar refractivity (Wildman–Crippen MR) is 107 cm³/mol. The highest BCUT2D eigenvalue weighted by atomic mass is 16.5. The van der Waals surface area contributed by atoms with E-state index in [4.69, 9.17) is 4.74 Å². The maximum Gasteiger partial charge on any atom is 0.0594 e. The molecule has 4 nitrogen and oxygen atoms in total. The van der Waals surface area contributed by atoms with Gasteiger partial charge in [0.2, 0.25) is 0 Å². The van der Waals surface area contributed by atoms with E-state index in [1.165, 1.54) is 64.8 Å². The van der Waals surface area contributed by atoms with E-state index in [1.807, 2.05) is 0 Å². The average Bonchev–Trinajstić information content (AvgIpc) is 2.65. The van der Waals surface area contributed by atoms with E-state index in [2.05, 4.69) is 42.4 Å². The van der Waals surface area contributed by atoms with Gasteiger partial charge in [-0.05, 0) is 98.4 Å². The van der Waals surface area contributed by atoms with Gasteiger partial charge in [-0.25, -0.2) is 0 Å². The molecule has 0 spiro atoms. The Balaban J connectivity index is 1.68. The Kier molecular flexibility index (Phi) is 9.75. The molecule has 2 heterocycles. The molecule has 0 unspecified atom stereocenters. The molecule has 0 amide bonds. The van der Waals surface area contributed by atoms with Gasteiger partial charge < -0.3 is 14.5 Å². The zero-order chi connectivity index (χ0) is 18.1. The number of rotatable bonds is 5. The van der Waals surface area contributed by atoms with Crippen LogP contribution in [0.1, 0.15) is 59.8 Å². The third kappa shape index (κ3) is 7.94. The molecule has 2 saturated heterocycles. The summed E-state index contributed by atoms with van der Waals surface area (Å²) in [6.07, 6.45) is 6.82. The lowest BCUT2D eigenvalue weighted by atomic mass is 9.92. The largest absolute Gasteiger partial charge is 0.379 e. The highest BCUT2D eigenvalue weighted by molar-refractivity contribution is 4.76. The summed E-state index contributed by atoms with van der Waals surface area (Å²) in [5.74, 6) is 0.936. The Bertz CT molecular complexity index is 340. The summed E-state index contributed by atoms with van der Waals surface area (Å²) < 4.78 is 5.92. The molecule has 148 valence electrons.